The highest BCUT2D eigenvalue weighted by molar-refractivity contribution is 5.86. The van der Waals surface area contributed by atoms with Crippen LogP contribution in [0.25, 0.3) is 0 Å². The Balaban J connectivity index is 1.40. The van der Waals surface area contributed by atoms with E-state index in [0.717, 1.165) is 5.56 Å². The number of carbonyl (C=O) groups excluding carboxylic acids is 1. The van der Waals surface area contributed by atoms with Crippen LogP contribution in [0.4, 0.5) is 30.7 Å². The van der Waals surface area contributed by atoms with Gasteiger partial charge < -0.3 is 15.0 Å². The zero-order chi connectivity index (χ0) is 31.2. The fraction of sp³-hybridized carbons (Fsp3) is 0.406. The molecule has 1 amide bonds. The molecule has 0 saturated carbocycles. The SMILES string of the molecule is C[C@@H](O[C@H]1CN2C(=O)C(C)(CNCc3ccccc3)CC2[C@@H]1c1ccc(F)cc1)c1cc(C(F)(F)F)cc(C(F)(F)F)c1. The second-order valence-corrected chi connectivity index (χ2v) is 11.6. The van der Waals surface area contributed by atoms with Gasteiger partial charge in [0.1, 0.15) is 5.82 Å². The minimum Gasteiger partial charge on any atom is -0.368 e. The third-order valence-corrected chi connectivity index (χ3v) is 8.43. The first kappa shape index (κ1) is 31.0. The summed E-state index contributed by atoms with van der Waals surface area (Å²) in [5.41, 5.74) is -2.16. The summed E-state index contributed by atoms with van der Waals surface area (Å²) in [7, 11) is 0. The van der Waals surface area contributed by atoms with Crippen molar-refractivity contribution in [3.05, 3.63) is 106 Å². The molecule has 3 aromatic carbocycles. The average molecular weight is 609 g/mol. The van der Waals surface area contributed by atoms with Crippen molar-refractivity contribution in [1.29, 1.82) is 0 Å². The van der Waals surface area contributed by atoms with Gasteiger partial charge in [0.05, 0.1) is 28.7 Å². The standard InChI is InChI=1S/C32H31F7N2O2/c1-19(22-12-23(31(34,35)36)14-24(13-22)32(37,38)39)43-27-17-41-26(28(27)21-8-10-25(33)11-9-21)15-30(2,29(41)42)18-40-16-20-6-4-3-5-7-20/h3-14,19,26-28,40H,15-18H2,1-2H3/t19-,26?,27+,28+,30?/m1/s1. The predicted molar refractivity (Wildman–Crippen MR) is 145 cm³/mol. The summed E-state index contributed by atoms with van der Waals surface area (Å²) in [4.78, 5) is 15.4. The quantitative estimate of drug-likeness (QED) is 0.269. The van der Waals surface area contributed by atoms with Crippen molar-refractivity contribution in [1.82, 2.24) is 10.2 Å². The molecule has 0 radical (unpaired) electrons. The number of hydrogen-bond donors (Lipinski definition) is 1. The number of benzene rings is 3. The molecule has 230 valence electrons. The maximum absolute atomic E-state index is 13.8. The van der Waals surface area contributed by atoms with Crippen molar-refractivity contribution in [2.75, 3.05) is 13.1 Å². The number of carbonyl (C=O) groups is 1. The van der Waals surface area contributed by atoms with Crippen molar-refractivity contribution in [3.63, 3.8) is 0 Å². The van der Waals surface area contributed by atoms with Crippen LogP contribution in [0.15, 0.2) is 72.8 Å². The lowest BCUT2D eigenvalue weighted by Gasteiger charge is -2.29. The monoisotopic (exact) mass is 608 g/mol. The Morgan fingerprint density at radius 2 is 1.56 bits per heavy atom. The fourth-order valence-corrected chi connectivity index (χ4v) is 6.28. The van der Waals surface area contributed by atoms with E-state index >= 15 is 0 Å². The molecule has 0 aliphatic carbocycles. The van der Waals surface area contributed by atoms with Crippen LogP contribution in [0.2, 0.25) is 0 Å². The van der Waals surface area contributed by atoms with Gasteiger partial charge in [-0.3, -0.25) is 4.79 Å². The molecule has 0 spiro atoms. The molecule has 0 bridgehead atoms. The lowest BCUT2D eigenvalue weighted by atomic mass is 9.80. The predicted octanol–water partition coefficient (Wildman–Crippen LogP) is 7.50. The van der Waals surface area contributed by atoms with Gasteiger partial charge in [0.25, 0.3) is 0 Å². The van der Waals surface area contributed by atoms with Crippen LogP contribution in [-0.4, -0.2) is 36.0 Å². The van der Waals surface area contributed by atoms with Gasteiger partial charge in [-0.25, -0.2) is 4.39 Å². The van der Waals surface area contributed by atoms with Crippen LogP contribution in [0.3, 0.4) is 0 Å². The molecule has 43 heavy (non-hydrogen) atoms. The lowest BCUT2D eigenvalue weighted by Crippen LogP contribution is -2.40. The highest BCUT2D eigenvalue weighted by atomic mass is 19.4. The number of amides is 1. The first-order chi connectivity index (χ1) is 20.2. The van der Waals surface area contributed by atoms with Gasteiger partial charge >= 0.3 is 12.4 Å². The Morgan fingerprint density at radius 1 is 0.953 bits per heavy atom. The van der Waals surface area contributed by atoms with Gasteiger partial charge in [0.15, 0.2) is 0 Å². The highest BCUT2D eigenvalue weighted by Crippen LogP contribution is 2.49. The molecule has 11 heteroatoms. The molecule has 0 aromatic heterocycles. The van der Waals surface area contributed by atoms with Crippen LogP contribution in [0.1, 0.15) is 60.1 Å². The molecule has 5 rings (SSSR count). The van der Waals surface area contributed by atoms with Crippen LogP contribution in [-0.2, 0) is 28.4 Å². The van der Waals surface area contributed by atoms with Gasteiger partial charge in [0, 0.05) is 31.6 Å². The second kappa shape index (κ2) is 11.6. The van der Waals surface area contributed by atoms with E-state index in [1.54, 1.807) is 17.0 Å². The van der Waals surface area contributed by atoms with E-state index in [2.05, 4.69) is 5.32 Å². The van der Waals surface area contributed by atoms with E-state index in [-0.39, 0.29) is 30.1 Å². The van der Waals surface area contributed by atoms with Crippen molar-refractivity contribution in [3.8, 4) is 0 Å². The van der Waals surface area contributed by atoms with Gasteiger partial charge in [-0.15, -0.1) is 0 Å². The normalized spacial score (nSPS) is 24.8. The molecular weight excluding hydrogens is 577 g/mol. The maximum atomic E-state index is 13.8. The Hall–Kier alpha value is -3.44. The summed E-state index contributed by atoms with van der Waals surface area (Å²) in [6.07, 6.45) is -11.5. The summed E-state index contributed by atoms with van der Waals surface area (Å²) in [6, 6.07) is 16.4. The topological polar surface area (TPSA) is 41.6 Å². The molecule has 2 heterocycles. The lowest BCUT2D eigenvalue weighted by molar-refractivity contribution is -0.143. The Kier molecular flexibility index (Phi) is 8.34. The van der Waals surface area contributed by atoms with E-state index in [0.29, 0.717) is 37.2 Å². The number of ether oxygens (including phenoxy) is 1. The summed E-state index contributed by atoms with van der Waals surface area (Å²) in [5.74, 6) is -1.07. The van der Waals surface area contributed by atoms with Crippen LogP contribution in [0.5, 0.6) is 0 Å². The number of hydrogen-bond acceptors (Lipinski definition) is 3. The number of fused-ring (bicyclic) bond motifs is 1. The Morgan fingerprint density at radius 3 is 2.14 bits per heavy atom. The minimum atomic E-state index is -4.99. The number of rotatable bonds is 8. The van der Waals surface area contributed by atoms with Crippen LogP contribution in [0, 0.1) is 11.2 Å². The van der Waals surface area contributed by atoms with Gasteiger partial charge in [0.2, 0.25) is 5.91 Å². The Labute approximate surface area is 244 Å². The van der Waals surface area contributed by atoms with E-state index in [4.69, 9.17) is 4.74 Å². The third kappa shape index (κ3) is 6.57. The second-order valence-electron chi connectivity index (χ2n) is 11.6. The molecule has 2 aliphatic rings. The molecule has 2 aliphatic heterocycles. The minimum absolute atomic E-state index is 0.0779. The smallest absolute Gasteiger partial charge is 0.368 e. The van der Waals surface area contributed by atoms with Crippen molar-refractivity contribution in [2.45, 2.75) is 63.3 Å². The van der Waals surface area contributed by atoms with Gasteiger partial charge in [-0.2, -0.15) is 26.3 Å². The molecule has 2 fully saturated rings. The van der Waals surface area contributed by atoms with Crippen molar-refractivity contribution in [2.24, 2.45) is 5.41 Å². The molecule has 5 atom stereocenters. The number of halogens is 7. The number of alkyl halides is 6. The fourth-order valence-electron chi connectivity index (χ4n) is 6.28. The summed E-state index contributed by atoms with van der Waals surface area (Å²) < 4.78 is 101. The zero-order valence-electron chi connectivity index (χ0n) is 23.5. The molecule has 3 aromatic rings. The number of nitrogens with one attached hydrogen (secondary N) is 1. The molecule has 2 saturated heterocycles. The van der Waals surface area contributed by atoms with E-state index in [9.17, 15) is 35.5 Å². The summed E-state index contributed by atoms with van der Waals surface area (Å²) in [6.45, 7) is 4.31. The van der Waals surface area contributed by atoms with Gasteiger partial charge in [-0.1, -0.05) is 42.5 Å². The molecule has 4 nitrogen and oxygen atoms in total. The van der Waals surface area contributed by atoms with Crippen LogP contribution >= 0.6 is 0 Å². The van der Waals surface area contributed by atoms with Crippen LogP contribution < -0.4 is 5.32 Å². The van der Waals surface area contributed by atoms with E-state index < -0.39 is 52.8 Å². The molecule has 2 unspecified atom stereocenters. The first-order valence-electron chi connectivity index (χ1n) is 13.9. The first-order valence-corrected chi connectivity index (χ1v) is 13.9. The number of nitrogens with zero attached hydrogens (tertiary/aromatic N) is 1. The van der Waals surface area contributed by atoms with E-state index in [1.807, 2.05) is 37.3 Å². The summed E-state index contributed by atoms with van der Waals surface area (Å²) >= 11 is 0. The van der Waals surface area contributed by atoms with E-state index in [1.165, 1.54) is 19.1 Å². The maximum Gasteiger partial charge on any atom is 0.416 e. The third-order valence-electron chi connectivity index (χ3n) is 8.43. The average Bonchev–Trinajstić information content (AvgIpc) is 3.40. The largest absolute Gasteiger partial charge is 0.416 e. The molecule has 1 N–H and O–H groups in total. The summed E-state index contributed by atoms with van der Waals surface area (Å²) in [5, 5.41) is 3.35. The highest BCUT2D eigenvalue weighted by Gasteiger charge is 2.57. The Bertz CT molecular complexity index is 1410. The van der Waals surface area contributed by atoms with Crippen molar-refractivity contribution >= 4 is 5.91 Å². The zero-order valence-corrected chi connectivity index (χ0v) is 23.5. The van der Waals surface area contributed by atoms with Crippen molar-refractivity contribution < 1.29 is 40.3 Å². The van der Waals surface area contributed by atoms with Gasteiger partial charge in [-0.05, 0) is 67.3 Å². The molecular formula is C32H31F7N2O2.